The Morgan fingerprint density at radius 1 is 1.29 bits per heavy atom. The average molecular weight is 285 g/mol. The van der Waals surface area contributed by atoms with Crippen molar-refractivity contribution in [3.63, 3.8) is 0 Å². The summed E-state index contributed by atoms with van der Waals surface area (Å²) in [7, 11) is 0. The third-order valence-electron chi connectivity index (χ3n) is 2.63. The summed E-state index contributed by atoms with van der Waals surface area (Å²) in [5.41, 5.74) is 7.70. The second-order valence-corrected chi connectivity index (χ2v) is 4.47. The van der Waals surface area contributed by atoms with Crippen LogP contribution in [0.15, 0.2) is 42.6 Å². The molecule has 0 aliphatic rings. The molecule has 6 heteroatoms. The topological polar surface area (TPSA) is 94.3 Å². The largest absolute Gasteiger partial charge is 0.451 e. The van der Waals surface area contributed by atoms with Gasteiger partial charge in [0.15, 0.2) is 6.61 Å². The van der Waals surface area contributed by atoms with Crippen molar-refractivity contribution in [1.82, 2.24) is 4.98 Å². The zero-order valence-corrected chi connectivity index (χ0v) is 11.5. The van der Waals surface area contributed by atoms with E-state index in [0.29, 0.717) is 11.4 Å². The maximum atomic E-state index is 11.7. The first kappa shape index (κ1) is 14.5. The molecule has 0 aliphatic heterocycles. The van der Waals surface area contributed by atoms with Crippen molar-refractivity contribution in [3.8, 4) is 0 Å². The van der Waals surface area contributed by atoms with Crippen molar-refractivity contribution in [2.24, 2.45) is 0 Å². The lowest BCUT2D eigenvalue weighted by atomic mass is 10.2. The number of carbonyl (C=O) groups excluding carboxylic acids is 2. The molecule has 21 heavy (non-hydrogen) atoms. The number of benzene rings is 1. The number of ether oxygens (including phenoxy) is 1. The number of nitrogens with one attached hydrogen (secondary N) is 1. The lowest BCUT2D eigenvalue weighted by Crippen LogP contribution is -2.21. The molecule has 0 unspecified atom stereocenters. The van der Waals surface area contributed by atoms with Crippen LogP contribution in [-0.2, 0) is 9.53 Å². The Morgan fingerprint density at radius 2 is 2.10 bits per heavy atom. The molecule has 0 fully saturated rings. The Hall–Kier alpha value is -2.89. The van der Waals surface area contributed by atoms with Gasteiger partial charge in [-0.3, -0.25) is 4.79 Å². The number of nitrogens with zero attached hydrogens (tertiary/aromatic N) is 1. The van der Waals surface area contributed by atoms with Gasteiger partial charge in [-0.15, -0.1) is 0 Å². The van der Waals surface area contributed by atoms with E-state index in [1.54, 1.807) is 6.07 Å². The van der Waals surface area contributed by atoms with Crippen LogP contribution in [0.1, 0.15) is 16.1 Å². The minimum atomic E-state index is -0.672. The van der Waals surface area contributed by atoms with Gasteiger partial charge in [0.25, 0.3) is 5.91 Å². The van der Waals surface area contributed by atoms with Gasteiger partial charge in [-0.05, 0) is 36.8 Å². The molecule has 0 atom stereocenters. The van der Waals surface area contributed by atoms with Gasteiger partial charge >= 0.3 is 5.97 Å². The molecule has 3 N–H and O–H groups in total. The van der Waals surface area contributed by atoms with Crippen molar-refractivity contribution in [1.29, 1.82) is 0 Å². The second-order valence-electron chi connectivity index (χ2n) is 4.47. The van der Waals surface area contributed by atoms with Gasteiger partial charge in [-0.1, -0.05) is 12.1 Å². The van der Waals surface area contributed by atoms with E-state index in [2.05, 4.69) is 10.3 Å². The molecule has 6 nitrogen and oxygen atoms in total. The normalized spacial score (nSPS) is 9.95. The van der Waals surface area contributed by atoms with Crippen LogP contribution in [0.3, 0.4) is 0 Å². The minimum absolute atomic E-state index is 0.104. The van der Waals surface area contributed by atoms with Gasteiger partial charge in [-0.2, -0.15) is 0 Å². The number of amides is 1. The number of pyridine rings is 1. The summed E-state index contributed by atoms with van der Waals surface area (Å²) in [5, 5.41) is 2.64. The molecule has 108 valence electrons. The highest BCUT2D eigenvalue weighted by Crippen LogP contribution is 2.09. The summed E-state index contributed by atoms with van der Waals surface area (Å²) in [4.78, 5) is 27.2. The summed E-state index contributed by atoms with van der Waals surface area (Å²) in [6.45, 7) is 1.54. The zero-order valence-electron chi connectivity index (χ0n) is 11.5. The Labute approximate surface area is 121 Å². The number of hydrogen-bond acceptors (Lipinski definition) is 5. The molecule has 0 spiro atoms. The van der Waals surface area contributed by atoms with Crippen LogP contribution in [0.4, 0.5) is 11.4 Å². The summed E-state index contributed by atoms with van der Waals surface area (Å²) in [5.74, 6) is -1.08. The van der Waals surface area contributed by atoms with Crippen LogP contribution in [0.2, 0.25) is 0 Å². The van der Waals surface area contributed by atoms with Gasteiger partial charge in [0, 0.05) is 5.69 Å². The maximum Gasteiger partial charge on any atom is 0.357 e. The molecule has 0 saturated heterocycles. The molecule has 1 heterocycles. The molecule has 1 aromatic carbocycles. The van der Waals surface area contributed by atoms with E-state index < -0.39 is 11.9 Å². The molecule has 1 amide bonds. The highest BCUT2D eigenvalue weighted by molar-refractivity contribution is 5.94. The Balaban J connectivity index is 1.86. The van der Waals surface area contributed by atoms with Gasteiger partial charge in [0.1, 0.15) is 5.69 Å². The molecule has 0 bridgehead atoms. The van der Waals surface area contributed by atoms with Crippen LogP contribution < -0.4 is 11.1 Å². The first-order valence-electron chi connectivity index (χ1n) is 6.30. The van der Waals surface area contributed by atoms with Crippen LogP contribution in [0.25, 0.3) is 0 Å². The Bertz CT molecular complexity index is 653. The van der Waals surface area contributed by atoms with E-state index in [9.17, 15) is 9.59 Å². The van der Waals surface area contributed by atoms with E-state index in [0.717, 1.165) is 5.56 Å². The molecule has 0 saturated carbocycles. The number of nitrogens with two attached hydrogens (primary N) is 1. The van der Waals surface area contributed by atoms with Gasteiger partial charge in [0.05, 0.1) is 11.9 Å². The zero-order chi connectivity index (χ0) is 15.2. The van der Waals surface area contributed by atoms with Crippen LogP contribution in [0, 0.1) is 6.92 Å². The Morgan fingerprint density at radius 3 is 2.76 bits per heavy atom. The van der Waals surface area contributed by atoms with Gasteiger partial charge in [-0.25, -0.2) is 9.78 Å². The number of hydrogen-bond donors (Lipinski definition) is 2. The van der Waals surface area contributed by atoms with E-state index in [1.807, 2.05) is 25.1 Å². The van der Waals surface area contributed by atoms with Crippen molar-refractivity contribution in [2.75, 3.05) is 17.7 Å². The molecule has 2 aromatic rings. The molecule has 0 radical (unpaired) electrons. The molecular formula is C15H15N3O3. The fraction of sp³-hybridized carbons (Fsp3) is 0.133. The van der Waals surface area contributed by atoms with Crippen molar-refractivity contribution >= 4 is 23.3 Å². The lowest BCUT2D eigenvalue weighted by molar-refractivity contribution is -0.119. The first-order chi connectivity index (χ1) is 10.0. The average Bonchev–Trinajstić information content (AvgIpc) is 2.45. The third-order valence-corrected chi connectivity index (χ3v) is 2.63. The van der Waals surface area contributed by atoms with Gasteiger partial charge in [0.2, 0.25) is 0 Å². The Kier molecular flexibility index (Phi) is 4.50. The molecule has 1 aromatic heterocycles. The highest BCUT2D eigenvalue weighted by Gasteiger charge is 2.11. The monoisotopic (exact) mass is 285 g/mol. The molecular weight excluding hydrogens is 270 g/mol. The summed E-state index contributed by atoms with van der Waals surface area (Å²) >= 11 is 0. The van der Waals surface area contributed by atoms with Crippen molar-refractivity contribution < 1.29 is 14.3 Å². The van der Waals surface area contributed by atoms with Crippen molar-refractivity contribution in [3.05, 3.63) is 53.9 Å². The number of aryl methyl sites for hydroxylation is 1. The van der Waals surface area contributed by atoms with E-state index in [-0.39, 0.29) is 12.3 Å². The van der Waals surface area contributed by atoms with E-state index >= 15 is 0 Å². The quantitative estimate of drug-likeness (QED) is 0.835. The van der Waals surface area contributed by atoms with Crippen LogP contribution >= 0.6 is 0 Å². The maximum absolute atomic E-state index is 11.7. The number of nitrogen functional groups attached to an aromatic ring is 1. The summed E-state index contributed by atoms with van der Waals surface area (Å²) in [6.07, 6.45) is 1.35. The van der Waals surface area contributed by atoms with Gasteiger partial charge < -0.3 is 15.8 Å². The third kappa shape index (κ3) is 4.31. The van der Waals surface area contributed by atoms with Crippen LogP contribution in [-0.4, -0.2) is 23.5 Å². The lowest BCUT2D eigenvalue weighted by Gasteiger charge is -2.07. The molecule has 0 aliphatic carbocycles. The standard InChI is InChI=1S/C15H15N3O3/c1-10-3-2-4-12(7-10)18-14(19)9-21-15(20)13-6-5-11(16)8-17-13/h2-8H,9,16H2,1H3,(H,18,19). The predicted molar refractivity (Wildman–Crippen MR) is 78.7 cm³/mol. The number of esters is 1. The minimum Gasteiger partial charge on any atom is -0.451 e. The SMILES string of the molecule is Cc1cccc(NC(=O)COC(=O)c2ccc(N)cn2)c1. The fourth-order valence-corrected chi connectivity index (χ4v) is 1.65. The van der Waals surface area contributed by atoms with E-state index in [1.165, 1.54) is 18.3 Å². The number of aromatic nitrogens is 1. The first-order valence-corrected chi connectivity index (χ1v) is 6.30. The predicted octanol–water partition coefficient (Wildman–Crippen LogP) is 1.77. The number of rotatable bonds is 4. The molecule has 2 rings (SSSR count). The van der Waals surface area contributed by atoms with Crippen molar-refractivity contribution in [2.45, 2.75) is 6.92 Å². The van der Waals surface area contributed by atoms with Crippen LogP contribution in [0.5, 0.6) is 0 Å². The highest BCUT2D eigenvalue weighted by atomic mass is 16.5. The smallest absolute Gasteiger partial charge is 0.357 e. The fourth-order valence-electron chi connectivity index (χ4n) is 1.65. The summed E-state index contributed by atoms with van der Waals surface area (Å²) in [6, 6.07) is 10.3. The number of carbonyl (C=O) groups is 2. The summed E-state index contributed by atoms with van der Waals surface area (Å²) < 4.78 is 4.88. The second kappa shape index (κ2) is 6.51. The number of anilines is 2. The van der Waals surface area contributed by atoms with E-state index in [4.69, 9.17) is 10.5 Å².